The quantitative estimate of drug-likeness (QED) is 0.356. The molecule has 3 rings (SSSR count). The minimum atomic E-state index is -0.516. The molecule has 0 aromatic carbocycles. The molecule has 116 valence electrons. The van der Waals surface area contributed by atoms with Crippen LogP contribution in [0, 0.1) is 11.8 Å². The summed E-state index contributed by atoms with van der Waals surface area (Å²) in [5.74, 6) is -1.06. The van der Waals surface area contributed by atoms with Crippen LogP contribution in [0.1, 0.15) is 0 Å². The highest BCUT2D eigenvalue weighted by Crippen LogP contribution is 2.44. The van der Waals surface area contributed by atoms with E-state index in [1.165, 1.54) is 4.90 Å². The zero-order valence-corrected chi connectivity index (χ0v) is 11.6. The maximum absolute atomic E-state index is 12.3. The summed E-state index contributed by atoms with van der Waals surface area (Å²) >= 11 is 0. The second-order valence-corrected chi connectivity index (χ2v) is 5.24. The average Bonchev–Trinajstić information content (AvgIpc) is 3.15. The standard InChI is InChI=1S/C14H18FNO5/c15-3-5-19-7-8-20-6-4-16-13(17)11-9-1-2-10(21-9)12(11)14(16)18/h1-2,9-12H,3-8H2. The Labute approximate surface area is 121 Å². The van der Waals surface area contributed by atoms with Crippen molar-refractivity contribution in [2.45, 2.75) is 12.2 Å². The van der Waals surface area contributed by atoms with Crippen molar-refractivity contribution in [2.24, 2.45) is 11.8 Å². The number of amides is 2. The summed E-state index contributed by atoms with van der Waals surface area (Å²) in [5, 5.41) is 0. The van der Waals surface area contributed by atoms with Gasteiger partial charge in [-0.25, -0.2) is 4.39 Å². The van der Waals surface area contributed by atoms with Gasteiger partial charge in [0, 0.05) is 0 Å². The Morgan fingerprint density at radius 2 is 1.57 bits per heavy atom. The number of nitrogens with zero attached hydrogens (tertiary/aromatic N) is 1. The molecule has 0 aromatic heterocycles. The fourth-order valence-electron chi connectivity index (χ4n) is 3.12. The van der Waals surface area contributed by atoms with Crippen LogP contribution in [0.4, 0.5) is 4.39 Å². The van der Waals surface area contributed by atoms with Crippen LogP contribution in [-0.4, -0.2) is 68.6 Å². The summed E-state index contributed by atoms with van der Waals surface area (Å²) in [7, 11) is 0. The molecule has 3 aliphatic heterocycles. The lowest BCUT2D eigenvalue weighted by Crippen LogP contribution is -2.37. The van der Waals surface area contributed by atoms with Crippen LogP contribution < -0.4 is 0 Å². The zero-order valence-electron chi connectivity index (χ0n) is 11.6. The van der Waals surface area contributed by atoms with E-state index in [0.717, 1.165) is 0 Å². The normalized spacial score (nSPS) is 33.3. The van der Waals surface area contributed by atoms with Gasteiger partial charge in [-0.15, -0.1) is 0 Å². The van der Waals surface area contributed by atoms with Crippen molar-refractivity contribution in [3.05, 3.63) is 12.2 Å². The van der Waals surface area contributed by atoms with Crippen LogP contribution in [0.5, 0.6) is 0 Å². The van der Waals surface area contributed by atoms with E-state index in [4.69, 9.17) is 14.2 Å². The number of imide groups is 1. The van der Waals surface area contributed by atoms with Crippen molar-refractivity contribution < 1.29 is 28.2 Å². The predicted molar refractivity (Wildman–Crippen MR) is 69.1 cm³/mol. The van der Waals surface area contributed by atoms with Gasteiger partial charge in [0.15, 0.2) is 0 Å². The first-order valence-corrected chi connectivity index (χ1v) is 7.14. The van der Waals surface area contributed by atoms with E-state index in [2.05, 4.69) is 0 Å². The Morgan fingerprint density at radius 1 is 1.00 bits per heavy atom. The third kappa shape index (κ3) is 2.61. The molecule has 2 amide bonds. The number of ether oxygens (including phenoxy) is 3. The highest BCUT2D eigenvalue weighted by atomic mass is 19.1. The van der Waals surface area contributed by atoms with E-state index in [-0.39, 0.29) is 55.6 Å². The van der Waals surface area contributed by atoms with Crippen molar-refractivity contribution in [3.8, 4) is 0 Å². The SMILES string of the molecule is O=C1C2C3C=CC(O3)C2C(=O)N1CCOCCOCCF. The molecule has 2 saturated heterocycles. The van der Waals surface area contributed by atoms with Gasteiger partial charge in [-0.3, -0.25) is 14.5 Å². The van der Waals surface area contributed by atoms with Gasteiger partial charge in [-0.2, -0.15) is 0 Å². The first kappa shape index (κ1) is 14.6. The van der Waals surface area contributed by atoms with Crippen LogP contribution in [0.25, 0.3) is 0 Å². The number of likely N-dealkylation sites (tertiary alicyclic amines) is 1. The van der Waals surface area contributed by atoms with Crippen LogP contribution in [0.15, 0.2) is 12.2 Å². The van der Waals surface area contributed by atoms with E-state index >= 15 is 0 Å². The molecular weight excluding hydrogens is 281 g/mol. The van der Waals surface area contributed by atoms with E-state index < -0.39 is 6.67 Å². The van der Waals surface area contributed by atoms with Gasteiger partial charge in [-0.05, 0) is 0 Å². The highest BCUT2D eigenvalue weighted by molar-refractivity contribution is 6.06. The lowest BCUT2D eigenvalue weighted by molar-refractivity contribution is -0.143. The summed E-state index contributed by atoms with van der Waals surface area (Å²) in [6.07, 6.45) is 3.21. The van der Waals surface area contributed by atoms with E-state index in [0.29, 0.717) is 13.2 Å². The number of carbonyl (C=O) groups is 2. The number of rotatable bonds is 8. The molecule has 7 heteroatoms. The average molecular weight is 299 g/mol. The molecule has 2 bridgehead atoms. The summed E-state index contributed by atoms with van der Waals surface area (Å²) in [6, 6.07) is 0. The Balaban J connectivity index is 1.43. The van der Waals surface area contributed by atoms with Crippen LogP contribution in [-0.2, 0) is 23.8 Å². The topological polar surface area (TPSA) is 65.1 Å². The fourth-order valence-corrected chi connectivity index (χ4v) is 3.12. The number of halogens is 1. The Bertz CT molecular complexity index is 425. The van der Waals surface area contributed by atoms with Crippen LogP contribution in [0.2, 0.25) is 0 Å². The molecule has 0 radical (unpaired) electrons. The van der Waals surface area contributed by atoms with Crippen molar-refractivity contribution in [2.75, 3.05) is 39.6 Å². The molecule has 3 aliphatic rings. The lowest BCUT2D eigenvalue weighted by Gasteiger charge is -2.17. The number of hydrogen-bond donors (Lipinski definition) is 0. The molecule has 4 atom stereocenters. The Hall–Kier alpha value is -1.31. The highest BCUT2D eigenvalue weighted by Gasteiger charge is 2.60. The molecule has 4 unspecified atom stereocenters. The smallest absolute Gasteiger partial charge is 0.236 e. The molecule has 0 N–H and O–H groups in total. The van der Waals surface area contributed by atoms with Crippen molar-refractivity contribution in [3.63, 3.8) is 0 Å². The van der Waals surface area contributed by atoms with Gasteiger partial charge in [0.05, 0.1) is 57.0 Å². The molecule has 0 aliphatic carbocycles. The molecule has 3 heterocycles. The number of fused-ring (bicyclic) bond motifs is 5. The third-order valence-electron chi connectivity index (χ3n) is 4.05. The zero-order chi connectivity index (χ0) is 14.8. The number of carbonyl (C=O) groups excluding carboxylic acids is 2. The van der Waals surface area contributed by atoms with Crippen LogP contribution in [0.3, 0.4) is 0 Å². The van der Waals surface area contributed by atoms with Crippen molar-refractivity contribution >= 4 is 11.8 Å². The van der Waals surface area contributed by atoms with Gasteiger partial charge in [-0.1, -0.05) is 12.2 Å². The largest absolute Gasteiger partial charge is 0.377 e. The van der Waals surface area contributed by atoms with Crippen LogP contribution >= 0.6 is 0 Å². The number of alkyl halides is 1. The van der Waals surface area contributed by atoms with E-state index in [9.17, 15) is 14.0 Å². The summed E-state index contributed by atoms with van der Waals surface area (Å²) < 4.78 is 27.5. The second kappa shape index (κ2) is 6.21. The molecular formula is C14H18FNO5. The van der Waals surface area contributed by atoms with Gasteiger partial charge in [0.25, 0.3) is 0 Å². The second-order valence-electron chi connectivity index (χ2n) is 5.24. The Kier molecular flexibility index (Phi) is 4.32. The first-order valence-electron chi connectivity index (χ1n) is 7.14. The van der Waals surface area contributed by atoms with E-state index in [1.54, 1.807) is 0 Å². The summed E-state index contributed by atoms with van der Waals surface area (Å²) in [4.78, 5) is 25.8. The van der Waals surface area contributed by atoms with Crippen molar-refractivity contribution in [1.29, 1.82) is 0 Å². The van der Waals surface area contributed by atoms with Gasteiger partial charge in [0.1, 0.15) is 6.67 Å². The number of hydrogen-bond acceptors (Lipinski definition) is 5. The minimum Gasteiger partial charge on any atom is -0.377 e. The van der Waals surface area contributed by atoms with Gasteiger partial charge in [0.2, 0.25) is 11.8 Å². The summed E-state index contributed by atoms with van der Waals surface area (Å²) in [6.45, 7) is 0.675. The van der Waals surface area contributed by atoms with Gasteiger partial charge >= 0.3 is 0 Å². The molecule has 0 aromatic rings. The molecule has 0 spiro atoms. The molecule has 0 saturated carbocycles. The van der Waals surface area contributed by atoms with Crippen molar-refractivity contribution in [1.82, 2.24) is 4.90 Å². The monoisotopic (exact) mass is 299 g/mol. The minimum absolute atomic E-state index is 0.0611. The first-order chi connectivity index (χ1) is 10.2. The molecule has 21 heavy (non-hydrogen) atoms. The molecule has 6 nitrogen and oxygen atoms in total. The lowest BCUT2D eigenvalue weighted by atomic mass is 9.85. The third-order valence-corrected chi connectivity index (χ3v) is 4.05. The predicted octanol–water partition coefficient (Wildman–Crippen LogP) is -0.0725. The maximum atomic E-state index is 12.3. The van der Waals surface area contributed by atoms with E-state index in [1.807, 2.05) is 12.2 Å². The maximum Gasteiger partial charge on any atom is 0.236 e. The molecule has 2 fully saturated rings. The fraction of sp³-hybridized carbons (Fsp3) is 0.714. The Morgan fingerprint density at radius 3 is 2.14 bits per heavy atom. The van der Waals surface area contributed by atoms with Gasteiger partial charge < -0.3 is 14.2 Å². The summed E-state index contributed by atoms with van der Waals surface area (Å²) in [5.41, 5.74) is 0.